The number of hydrogen-bond donors (Lipinski definition) is 1. The van der Waals surface area contributed by atoms with Crippen LogP contribution in [0.5, 0.6) is 0 Å². The average Bonchev–Trinajstić information content (AvgIpc) is 3.73. The SMILES string of the molecule is CC[C@@H](C)C(=O)N[C@H](C(=O)N1CCC[C@H]1C1=NC(c2cc(-c3ccccc3)nc3ccccc23)=CC1)C1CCCCC1. The largest absolute Gasteiger partial charge is 0.344 e. The second-order valence-corrected chi connectivity index (χ2v) is 12.2. The maximum Gasteiger partial charge on any atom is 0.245 e. The molecule has 3 atom stereocenters. The molecule has 1 saturated carbocycles. The quantitative estimate of drug-likeness (QED) is 0.316. The highest BCUT2D eigenvalue weighted by Gasteiger charge is 2.40. The maximum absolute atomic E-state index is 14.2. The molecule has 3 heterocycles. The Morgan fingerprint density at radius 3 is 2.52 bits per heavy atom. The molecule has 1 aromatic heterocycles. The van der Waals surface area contributed by atoms with Gasteiger partial charge in [0.1, 0.15) is 6.04 Å². The molecule has 0 unspecified atom stereocenters. The number of benzene rings is 2. The van der Waals surface area contributed by atoms with Gasteiger partial charge in [-0.25, -0.2) is 4.98 Å². The topological polar surface area (TPSA) is 74.7 Å². The lowest BCUT2D eigenvalue weighted by atomic mass is 9.83. The summed E-state index contributed by atoms with van der Waals surface area (Å²) in [7, 11) is 0. The summed E-state index contributed by atoms with van der Waals surface area (Å²) in [6.45, 7) is 4.69. The third kappa shape index (κ3) is 5.77. The molecule has 0 bridgehead atoms. The van der Waals surface area contributed by atoms with Crippen molar-refractivity contribution in [2.24, 2.45) is 16.8 Å². The minimum absolute atomic E-state index is 0.00174. The fraction of sp³-hybridized carbons (Fsp3) is 0.444. The van der Waals surface area contributed by atoms with Gasteiger partial charge >= 0.3 is 0 Å². The predicted molar refractivity (Wildman–Crippen MR) is 170 cm³/mol. The van der Waals surface area contributed by atoms with E-state index in [1.165, 1.54) is 6.42 Å². The van der Waals surface area contributed by atoms with Crippen molar-refractivity contribution in [3.05, 3.63) is 72.3 Å². The molecule has 2 amide bonds. The number of nitrogens with zero attached hydrogens (tertiary/aromatic N) is 3. The van der Waals surface area contributed by atoms with Crippen molar-refractivity contribution < 1.29 is 9.59 Å². The van der Waals surface area contributed by atoms with Gasteiger partial charge in [0, 0.05) is 41.1 Å². The molecule has 42 heavy (non-hydrogen) atoms. The Hall–Kier alpha value is -3.80. The lowest BCUT2D eigenvalue weighted by Gasteiger charge is -2.35. The standard InChI is InChI=1S/C36H42N4O2/c1-3-24(2)35(41)39-34(26-15-8-5-9-16-26)36(42)40-22-12-19-33(40)31-21-20-30(37-31)28-23-32(25-13-6-4-7-14-25)38-29-18-11-10-17-27(28)29/h4,6-7,10-11,13-14,17-18,20,23-24,26,33-34H,3,5,8-9,12,15-16,19,21-22H2,1-2H3,(H,39,41)/t24-,33+,34+/m1/s1. The predicted octanol–water partition coefficient (Wildman–Crippen LogP) is 7.19. The van der Waals surface area contributed by atoms with Crippen molar-refractivity contribution in [2.45, 2.75) is 83.7 Å². The molecule has 6 rings (SSSR count). The normalized spacial score (nSPS) is 20.7. The second-order valence-electron chi connectivity index (χ2n) is 12.2. The lowest BCUT2D eigenvalue weighted by molar-refractivity contribution is -0.139. The highest BCUT2D eigenvalue weighted by molar-refractivity contribution is 6.05. The van der Waals surface area contributed by atoms with E-state index in [2.05, 4.69) is 41.7 Å². The van der Waals surface area contributed by atoms with Gasteiger partial charge < -0.3 is 10.2 Å². The number of aliphatic imine (C=N–C) groups is 1. The fourth-order valence-electron chi connectivity index (χ4n) is 6.86. The number of nitrogens with one attached hydrogen (secondary N) is 1. The molecule has 1 saturated heterocycles. The van der Waals surface area contributed by atoms with E-state index in [1.54, 1.807) is 0 Å². The monoisotopic (exact) mass is 562 g/mol. The summed E-state index contributed by atoms with van der Waals surface area (Å²) in [5.41, 5.74) is 6.03. The van der Waals surface area contributed by atoms with Crippen molar-refractivity contribution in [1.29, 1.82) is 0 Å². The van der Waals surface area contributed by atoms with Crippen LogP contribution >= 0.6 is 0 Å². The molecule has 2 aromatic carbocycles. The highest BCUT2D eigenvalue weighted by Crippen LogP contribution is 2.35. The first kappa shape index (κ1) is 28.3. The van der Waals surface area contributed by atoms with E-state index in [9.17, 15) is 9.59 Å². The van der Waals surface area contributed by atoms with Crippen LogP contribution in [0.3, 0.4) is 0 Å². The zero-order valence-corrected chi connectivity index (χ0v) is 24.9. The molecule has 6 heteroatoms. The van der Waals surface area contributed by atoms with Gasteiger partial charge in [0.2, 0.25) is 11.8 Å². The number of aromatic nitrogens is 1. The van der Waals surface area contributed by atoms with Crippen molar-refractivity contribution in [1.82, 2.24) is 15.2 Å². The summed E-state index contributed by atoms with van der Waals surface area (Å²) < 4.78 is 0. The van der Waals surface area contributed by atoms with Crippen LogP contribution in [0.2, 0.25) is 0 Å². The Morgan fingerprint density at radius 1 is 0.976 bits per heavy atom. The first-order valence-corrected chi connectivity index (χ1v) is 15.9. The number of pyridine rings is 1. The number of rotatable bonds is 8. The van der Waals surface area contributed by atoms with E-state index in [-0.39, 0.29) is 29.7 Å². The summed E-state index contributed by atoms with van der Waals surface area (Å²) >= 11 is 0. The number of fused-ring (bicyclic) bond motifs is 1. The van der Waals surface area contributed by atoms with Crippen LogP contribution in [0.4, 0.5) is 0 Å². The Bertz CT molecular complexity index is 1510. The van der Waals surface area contributed by atoms with Gasteiger partial charge in [-0.2, -0.15) is 0 Å². The van der Waals surface area contributed by atoms with Crippen molar-refractivity contribution >= 4 is 34.1 Å². The van der Waals surface area contributed by atoms with E-state index in [0.717, 1.165) is 97.0 Å². The first-order valence-electron chi connectivity index (χ1n) is 15.9. The summed E-state index contributed by atoms with van der Waals surface area (Å²) in [6, 6.07) is 20.2. The number of amides is 2. The first-order chi connectivity index (χ1) is 20.5. The molecular weight excluding hydrogens is 520 g/mol. The molecule has 0 spiro atoms. The Balaban J connectivity index is 1.28. The van der Waals surface area contributed by atoms with Crippen LogP contribution < -0.4 is 5.32 Å². The summed E-state index contributed by atoms with van der Waals surface area (Å²) in [5.74, 6) is 0.190. The zero-order chi connectivity index (χ0) is 29.1. The Labute approximate surface area is 249 Å². The van der Waals surface area contributed by atoms with Gasteiger partial charge in [0.25, 0.3) is 0 Å². The molecular formula is C36H42N4O2. The number of carbonyl (C=O) groups excluding carboxylic acids is 2. The number of likely N-dealkylation sites (tertiary alicyclic amines) is 1. The molecule has 1 aliphatic carbocycles. The molecule has 6 nitrogen and oxygen atoms in total. The van der Waals surface area contributed by atoms with Crippen molar-refractivity contribution in [3.63, 3.8) is 0 Å². The van der Waals surface area contributed by atoms with Gasteiger partial charge in [-0.3, -0.25) is 14.6 Å². The molecule has 218 valence electrons. The van der Waals surface area contributed by atoms with Gasteiger partial charge in [0.15, 0.2) is 0 Å². The highest BCUT2D eigenvalue weighted by atomic mass is 16.2. The third-order valence-corrected chi connectivity index (χ3v) is 9.50. The number of para-hydroxylation sites is 1. The van der Waals surface area contributed by atoms with Crippen molar-refractivity contribution in [2.75, 3.05) is 6.54 Å². The average molecular weight is 563 g/mol. The minimum Gasteiger partial charge on any atom is -0.344 e. The summed E-state index contributed by atoms with van der Waals surface area (Å²) in [5, 5.41) is 4.29. The lowest BCUT2D eigenvalue weighted by Crippen LogP contribution is -2.55. The van der Waals surface area contributed by atoms with Crippen LogP contribution in [0.25, 0.3) is 27.9 Å². The fourth-order valence-corrected chi connectivity index (χ4v) is 6.86. The molecule has 3 aromatic rings. The molecule has 1 N–H and O–H groups in total. The van der Waals surface area contributed by atoms with Crippen LogP contribution in [0.1, 0.15) is 77.2 Å². The van der Waals surface area contributed by atoms with E-state index < -0.39 is 6.04 Å². The van der Waals surface area contributed by atoms with Crippen LogP contribution in [-0.2, 0) is 9.59 Å². The summed E-state index contributed by atoms with van der Waals surface area (Å²) in [4.78, 5) is 39.4. The molecule has 2 fully saturated rings. The zero-order valence-electron chi connectivity index (χ0n) is 24.9. The maximum atomic E-state index is 14.2. The molecule has 2 aliphatic heterocycles. The van der Waals surface area contributed by atoms with E-state index >= 15 is 0 Å². The number of hydrogen-bond acceptors (Lipinski definition) is 4. The number of allylic oxidation sites excluding steroid dienone is 1. The Morgan fingerprint density at radius 2 is 1.74 bits per heavy atom. The summed E-state index contributed by atoms with van der Waals surface area (Å²) in [6.07, 6.45) is 11.0. The van der Waals surface area contributed by atoms with Gasteiger partial charge in [-0.05, 0) is 50.2 Å². The third-order valence-electron chi connectivity index (χ3n) is 9.50. The van der Waals surface area contributed by atoms with Gasteiger partial charge in [-0.15, -0.1) is 0 Å². The van der Waals surface area contributed by atoms with Crippen LogP contribution in [-0.4, -0.2) is 46.0 Å². The molecule has 0 radical (unpaired) electrons. The molecule has 3 aliphatic rings. The van der Waals surface area contributed by atoms with E-state index in [4.69, 9.17) is 9.98 Å². The second kappa shape index (κ2) is 12.6. The Kier molecular flexibility index (Phi) is 8.50. The van der Waals surface area contributed by atoms with Crippen LogP contribution in [0, 0.1) is 11.8 Å². The number of carbonyl (C=O) groups is 2. The smallest absolute Gasteiger partial charge is 0.245 e. The van der Waals surface area contributed by atoms with Crippen LogP contribution in [0.15, 0.2) is 71.7 Å². The minimum atomic E-state index is -0.445. The van der Waals surface area contributed by atoms with Gasteiger partial charge in [0.05, 0.1) is 22.9 Å². The van der Waals surface area contributed by atoms with E-state index in [0.29, 0.717) is 0 Å². The van der Waals surface area contributed by atoms with Crippen molar-refractivity contribution in [3.8, 4) is 11.3 Å². The van der Waals surface area contributed by atoms with E-state index in [1.807, 2.05) is 49.1 Å². The van der Waals surface area contributed by atoms with Gasteiger partial charge in [-0.1, -0.05) is 87.7 Å².